The topological polar surface area (TPSA) is 83.6 Å². The number of rotatable bonds is 6. The van der Waals surface area contributed by atoms with Crippen molar-refractivity contribution in [3.05, 3.63) is 83.7 Å². The quantitative estimate of drug-likeness (QED) is 0.587. The molecule has 7 heteroatoms. The zero-order valence-electron chi connectivity index (χ0n) is 18.2. The van der Waals surface area contributed by atoms with Gasteiger partial charge in [0.25, 0.3) is 0 Å². The van der Waals surface area contributed by atoms with Crippen LogP contribution in [0.2, 0.25) is 0 Å². The third-order valence-corrected chi connectivity index (χ3v) is 5.63. The standard InChI is InChI=1S/C25H26N4O3/c1-17-9-10-23(32-2)20(14-17)28-25(31)24(30)27-16-22(19-7-5-12-26-15-19)29-13-11-18-6-3-4-8-21(18)29/h3-10,12,14-15,22H,11,13,16H2,1-2H3,(H,27,30)(H,28,31). The Morgan fingerprint density at radius 2 is 1.97 bits per heavy atom. The van der Waals surface area contributed by atoms with Crippen molar-refractivity contribution in [1.29, 1.82) is 0 Å². The first-order valence-corrected chi connectivity index (χ1v) is 10.5. The number of nitrogens with one attached hydrogen (secondary N) is 2. The van der Waals surface area contributed by atoms with Crippen LogP contribution in [0, 0.1) is 6.92 Å². The lowest BCUT2D eigenvalue weighted by Gasteiger charge is -2.30. The molecule has 2 heterocycles. The number of aromatic nitrogens is 1. The molecule has 4 rings (SSSR count). The molecule has 0 saturated carbocycles. The van der Waals surface area contributed by atoms with Crippen LogP contribution in [0.25, 0.3) is 0 Å². The summed E-state index contributed by atoms with van der Waals surface area (Å²) in [6.07, 6.45) is 4.46. The number of hydrogen-bond acceptors (Lipinski definition) is 5. The highest BCUT2D eigenvalue weighted by Crippen LogP contribution is 2.34. The van der Waals surface area contributed by atoms with E-state index >= 15 is 0 Å². The number of amides is 2. The largest absolute Gasteiger partial charge is 0.495 e. The Morgan fingerprint density at radius 1 is 1.12 bits per heavy atom. The second-order valence-corrected chi connectivity index (χ2v) is 7.74. The van der Waals surface area contributed by atoms with Gasteiger partial charge in [-0.2, -0.15) is 0 Å². The van der Waals surface area contributed by atoms with Gasteiger partial charge in [0.2, 0.25) is 0 Å². The molecule has 2 N–H and O–H groups in total. The highest BCUT2D eigenvalue weighted by Gasteiger charge is 2.28. The van der Waals surface area contributed by atoms with Crippen molar-refractivity contribution < 1.29 is 14.3 Å². The number of para-hydroxylation sites is 1. The van der Waals surface area contributed by atoms with Crippen molar-refractivity contribution >= 4 is 23.2 Å². The first kappa shape index (κ1) is 21.4. The average molecular weight is 431 g/mol. The summed E-state index contributed by atoms with van der Waals surface area (Å²) in [7, 11) is 1.52. The second kappa shape index (κ2) is 9.51. The number of hydrogen-bond donors (Lipinski definition) is 2. The summed E-state index contributed by atoms with van der Waals surface area (Å²) < 4.78 is 5.28. The molecule has 164 valence electrons. The van der Waals surface area contributed by atoms with Gasteiger partial charge in [0.05, 0.1) is 18.8 Å². The van der Waals surface area contributed by atoms with Gasteiger partial charge in [-0.1, -0.05) is 30.3 Å². The smallest absolute Gasteiger partial charge is 0.313 e. The summed E-state index contributed by atoms with van der Waals surface area (Å²) in [6, 6.07) is 17.4. The fraction of sp³-hybridized carbons (Fsp3) is 0.240. The normalized spacial score (nSPS) is 13.2. The summed E-state index contributed by atoms with van der Waals surface area (Å²) in [6.45, 7) is 3.01. The number of methoxy groups -OCH3 is 1. The van der Waals surface area contributed by atoms with Crippen molar-refractivity contribution in [2.45, 2.75) is 19.4 Å². The predicted octanol–water partition coefficient (Wildman–Crippen LogP) is 3.26. The minimum Gasteiger partial charge on any atom is -0.495 e. The number of carbonyl (C=O) groups is 2. The molecule has 3 aromatic rings. The summed E-state index contributed by atoms with van der Waals surface area (Å²) in [5, 5.41) is 5.45. The van der Waals surface area contributed by atoms with E-state index in [4.69, 9.17) is 4.74 Å². The minimum atomic E-state index is -0.736. The molecule has 1 unspecified atom stereocenters. The van der Waals surface area contributed by atoms with E-state index in [0.29, 0.717) is 11.4 Å². The van der Waals surface area contributed by atoms with Crippen molar-refractivity contribution in [3.8, 4) is 5.75 Å². The number of pyridine rings is 1. The van der Waals surface area contributed by atoms with Gasteiger partial charge < -0.3 is 20.3 Å². The fourth-order valence-electron chi connectivity index (χ4n) is 4.04. The van der Waals surface area contributed by atoms with Crippen LogP contribution in [0.1, 0.15) is 22.7 Å². The Balaban J connectivity index is 1.48. The lowest BCUT2D eigenvalue weighted by atomic mass is 10.1. The Kier molecular flexibility index (Phi) is 6.35. The molecule has 2 aromatic carbocycles. The molecule has 0 radical (unpaired) electrons. The molecular weight excluding hydrogens is 404 g/mol. The van der Waals surface area contributed by atoms with Crippen LogP contribution >= 0.6 is 0 Å². The summed E-state index contributed by atoms with van der Waals surface area (Å²) in [5.74, 6) is -0.936. The van der Waals surface area contributed by atoms with Gasteiger partial charge in [-0.25, -0.2) is 0 Å². The van der Waals surface area contributed by atoms with Gasteiger partial charge >= 0.3 is 11.8 Å². The molecule has 0 bridgehead atoms. The van der Waals surface area contributed by atoms with Gasteiger partial charge in [0, 0.05) is 31.2 Å². The van der Waals surface area contributed by atoms with E-state index < -0.39 is 11.8 Å². The number of benzene rings is 2. The van der Waals surface area contributed by atoms with Crippen LogP contribution in [-0.2, 0) is 16.0 Å². The Bertz CT molecular complexity index is 1120. The van der Waals surface area contributed by atoms with E-state index in [1.54, 1.807) is 24.5 Å². The molecule has 0 spiro atoms. The fourth-order valence-corrected chi connectivity index (χ4v) is 4.04. The van der Waals surface area contributed by atoms with E-state index in [9.17, 15) is 9.59 Å². The highest BCUT2D eigenvalue weighted by molar-refractivity contribution is 6.39. The number of fused-ring (bicyclic) bond motifs is 1. The molecule has 2 amide bonds. The summed E-state index contributed by atoms with van der Waals surface area (Å²) in [4.78, 5) is 31.7. The van der Waals surface area contributed by atoms with Crippen LogP contribution < -0.4 is 20.3 Å². The number of carbonyl (C=O) groups excluding carboxylic acids is 2. The van der Waals surface area contributed by atoms with Crippen molar-refractivity contribution in [2.24, 2.45) is 0 Å². The zero-order valence-corrected chi connectivity index (χ0v) is 18.2. The average Bonchev–Trinajstić information content (AvgIpc) is 3.24. The van der Waals surface area contributed by atoms with Gasteiger partial charge in [-0.15, -0.1) is 0 Å². The third kappa shape index (κ3) is 4.56. The number of aryl methyl sites for hydroxylation is 1. The molecule has 0 aliphatic carbocycles. The van der Waals surface area contributed by atoms with Crippen LogP contribution in [0.15, 0.2) is 67.0 Å². The SMILES string of the molecule is COc1ccc(C)cc1NC(=O)C(=O)NCC(c1cccnc1)N1CCc2ccccc21. The third-order valence-electron chi connectivity index (χ3n) is 5.63. The highest BCUT2D eigenvalue weighted by atomic mass is 16.5. The second-order valence-electron chi connectivity index (χ2n) is 7.74. The van der Waals surface area contributed by atoms with Gasteiger partial charge in [0.1, 0.15) is 5.75 Å². The van der Waals surface area contributed by atoms with E-state index in [0.717, 1.165) is 29.8 Å². The maximum atomic E-state index is 12.6. The van der Waals surface area contributed by atoms with Crippen molar-refractivity contribution in [3.63, 3.8) is 0 Å². The van der Waals surface area contributed by atoms with Crippen LogP contribution in [0.4, 0.5) is 11.4 Å². The molecule has 32 heavy (non-hydrogen) atoms. The molecule has 0 fully saturated rings. The van der Waals surface area contributed by atoms with Crippen LogP contribution in [0.5, 0.6) is 5.75 Å². The molecule has 1 aliphatic heterocycles. The maximum absolute atomic E-state index is 12.6. The molecule has 1 atom stereocenters. The molecule has 1 aromatic heterocycles. The lowest BCUT2D eigenvalue weighted by Crippen LogP contribution is -2.41. The Labute approximate surface area is 187 Å². The van der Waals surface area contributed by atoms with Crippen molar-refractivity contribution in [2.75, 3.05) is 30.4 Å². The zero-order chi connectivity index (χ0) is 22.5. The Morgan fingerprint density at radius 3 is 2.75 bits per heavy atom. The van der Waals surface area contributed by atoms with Gasteiger partial charge in [-0.05, 0) is 54.3 Å². The first-order chi connectivity index (χ1) is 15.6. The van der Waals surface area contributed by atoms with E-state index in [1.807, 2.05) is 37.3 Å². The van der Waals surface area contributed by atoms with E-state index in [1.165, 1.54) is 12.7 Å². The number of ether oxygens (including phenoxy) is 1. The first-order valence-electron chi connectivity index (χ1n) is 10.5. The molecular formula is C25H26N4O3. The Hall–Kier alpha value is -3.87. The van der Waals surface area contributed by atoms with Gasteiger partial charge in [-0.3, -0.25) is 14.6 Å². The number of nitrogens with zero attached hydrogens (tertiary/aromatic N) is 2. The summed E-state index contributed by atoms with van der Waals surface area (Å²) in [5.41, 5.74) is 4.81. The number of anilines is 2. The molecule has 0 saturated heterocycles. The monoisotopic (exact) mass is 430 g/mol. The van der Waals surface area contributed by atoms with E-state index in [-0.39, 0.29) is 12.6 Å². The van der Waals surface area contributed by atoms with Crippen LogP contribution in [0.3, 0.4) is 0 Å². The van der Waals surface area contributed by atoms with Crippen molar-refractivity contribution in [1.82, 2.24) is 10.3 Å². The predicted molar refractivity (Wildman–Crippen MR) is 124 cm³/mol. The maximum Gasteiger partial charge on any atom is 0.313 e. The van der Waals surface area contributed by atoms with Crippen LogP contribution in [-0.4, -0.2) is 37.0 Å². The lowest BCUT2D eigenvalue weighted by molar-refractivity contribution is -0.136. The van der Waals surface area contributed by atoms with E-state index in [2.05, 4.69) is 32.7 Å². The van der Waals surface area contributed by atoms with Gasteiger partial charge in [0.15, 0.2) is 0 Å². The minimum absolute atomic E-state index is 0.141. The molecule has 1 aliphatic rings. The summed E-state index contributed by atoms with van der Waals surface area (Å²) >= 11 is 0. The molecule has 7 nitrogen and oxygen atoms in total.